The molecule has 0 unspecified atom stereocenters. The molecule has 24 heavy (non-hydrogen) atoms. The third-order valence-electron chi connectivity index (χ3n) is 3.39. The van der Waals surface area contributed by atoms with Gasteiger partial charge in [0.2, 0.25) is 0 Å². The van der Waals surface area contributed by atoms with Crippen molar-refractivity contribution < 1.29 is 14.3 Å². The highest BCUT2D eigenvalue weighted by Gasteiger charge is 2.13. The third kappa shape index (κ3) is 4.23. The Labute approximate surface area is 141 Å². The van der Waals surface area contributed by atoms with E-state index in [1.165, 1.54) is 7.11 Å². The molecule has 0 aliphatic carbocycles. The SMILES string of the molecule is COc1cc(/C=C(\C#N)c2ccccc2)ccc1OC(=O)C(C)C. The third-order valence-corrected chi connectivity index (χ3v) is 3.39. The first-order valence-electron chi connectivity index (χ1n) is 7.62. The summed E-state index contributed by atoms with van der Waals surface area (Å²) in [7, 11) is 1.51. The van der Waals surface area contributed by atoms with Crippen molar-refractivity contribution >= 4 is 17.6 Å². The summed E-state index contributed by atoms with van der Waals surface area (Å²) in [5, 5.41) is 9.38. The second-order valence-electron chi connectivity index (χ2n) is 5.52. The average Bonchev–Trinajstić information content (AvgIpc) is 2.61. The number of nitriles is 1. The van der Waals surface area contributed by atoms with Crippen molar-refractivity contribution in [1.29, 1.82) is 5.26 Å². The Morgan fingerprint density at radius 3 is 2.42 bits per heavy atom. The second kappa shape index (κ2) is 7.98. The van der Waals surface area contributed by atoms with Gasteiger partial charge in [-0.05, 0) is 29.3 Å². The van der Waals surface area contributed by atoms with E-state index in [9.17, 15) is 10.1 Å². The van der Waals surface area contributed by atoms with E-state index in [1.54, 1.807) is 38.1 Å². The van der Waals surface area contributed by atoms with Gasteiger partial charge in [0.25, 0.3) is 0 Å². The molecule has 0 radical (unpaired) electrons. The van der Waals surface area contributed by atoms with E-state index in [2.05, 4.69) is 6.07 Å². The molecule has 0 spiro atoms. The summed E-state index contributed by atoms with van der Waals surface area (Å²) in [4.78, 5) is 11.7. The maximum absolute atomic E-state index is 11.7. The van der Waals surface area contributed by atoms with Crippen LogP contribution in [0.2, 0.25) is 0 Å². The largest absolute Gasteiger partial charge is 0.493 e. The normalized spacial score (nSPS) is 11.0. The maximum atomic E-state index is 11.7. The van der Waals surface area contributed by atoms with Gasteiger partial charge in [-0.25, -0.2) is 0 Å². The first kappa shape index (κ1) is 17.3. The summed E-state index contributed by atoms with van der Waals surface area (Å²) in [5.41, 5.74) is 2.18. The monoisotopic (exact) mass is 321 g/mol. The fourth-order valence-electron chi connectivity index (χ4n) is 2.05. The van der Waals surface area contributed by atoms with Crippen LogP contribution >= 0.6 is 0 Å². The van der Waals surface area contributed by atoms with E-state index in [-0.39, 0.29) is 11.9 Å². The molecule has 2 aromatic rings. The van der Waals surface area contributed by atoms with Crippen molar-refractivity contribution in [3.05, 3.63) is 59.7 Å². The Kier molecular flexibility index (Phi) is 5.75. The lowest BCUT2D eigenvalue weighted by molar-refractivity contribution is -0.137. The Hall–Kier alpha value is -3.06. The summed E-state index contributed by atoms with van der Waals surface area (Å²) >= 11 is 0. The Morgan fingerprint density at radius 2 is 1.83 bits per heavy atom. The topological polar surface area (TPSA) is 59.3 Å². The fraction of sp³-hybridized carbons (Fsp3) is 0.200. The number of carbonyl (C=O) groups is 1. The van der Waals surface area contributed by atoms with Crippen LogP contribution in [0.3, 0.4) is 0 Å². The number of hydrogen-bond acceptors (Lipinski definition) is 4. The van der Waals surface area contributed by atoms with Gasteiger partial charge >= 0.3 is 5.97 Å². The van der Waals surface area contributed by atoms with E-state index in [0.717, 1.165) is 11.1 Å². The summed E-state index contributed by atoms with van der Waals surface area (Å²) < 4.78 is 10.6. The highest BCUT2D eigenvalue weighted by molar-refractivity contribution is 5.89. The predicted molar refractivity (Wildman–Crippen MR) is 93.4 cm³/mol. The molecule has 0 aromatic heterocycles. The van der Waals surface area contributed by atoms with Crippen molar-refractivity contribution in [2.24, 2.45) is 5.92 Å². The van der Waals surface area contributed by atoms with Crippen LogP contribution in [0.5, 0.6) is 11.5 Å². The molecule has 2 aromatic carbocycles. The molecule has 0 atom stereocenters. The van der Waals surface area contributed by atoms with Gasteiger partial charge in [0, 0.05) is 0 Å². The predicted octanol–water partition coefficient (Wildman–Crippen LogP) is 4.32. The van der Waals surface area contributed by atoms with Crippen LogP contribution in [0.1, 0.15) is 25.0 Å². The average molecular weight is 321 g/mol. The van der Waals surface area contributed by atoms with Crippen molar-refractivity contribution in [3.8, 4) is 17.6 Å². The quantitative estimate of drug-likeness (QED) is 0.356. The number of benzene rings is 2. The highest BCUT2D eigenvalue weighted by atomic mass is 16.6. The molecule has 122 valence electrons. The van der Waals surface area contributed by atoms with Crippen molar-refractivity contribution in [2.45, 2.75) is 13.8 Å². The van der Waals surface area contributed by atoms with Gasteiger partial charge in [0.05, 0.1) is 24.7 Å². The molecule has 4 heteroatoms. The summed E-state index contributed by atoms with van der Waals surface area (Å²) in [6.45, 7) is 3.54. The van der Waals surface area contributed by atoms with Crippen molar-refractivity contribution in [2.75, 3.05) is 7.11 Å². The van der Waals surface area contributed by atoms with E-state index in [4.69, 9.17) is 9.47 Å². The van der Waals surface area contributed by atoms with Gasteiger partial charge in [-0.3, -0.25) is 4.79 Å². The standard InChI is InChI=1S/C20H19NO3/c1-14(2)20(22)24-18-10-9-15(12-19(18)23-3)11-17(13-21)16-7-5-4-6-8-16/h4-12,14H,1-3H3/b17-11+. The molecule has 4 nitrogen and oxygen atoms in total. The van der Waals surface area contributed by atoms with Gasteiger partial charge in [0.15, 0.2) is 11.5 Å². The van der Waals surface area contributed by atoms with E-state index >= 15 is 0 Å². The lowest BCUT2D eigenvalue weighted by Crippen LogP contribution is -2.15. The Balaban J connectivity index is 2.34. The van der Waals surface area contributed by atoms with Gasteiger partial charge < -0.3 is 9.47 Å². The number of rotatable bonds is 5. The van der Waals surface area contributed by atoms with Crippen LogP contribution in [0, 0.1) is 17.2 Å². The molecule has 2 rings (SSSR count). The molecule has 0 aliphatic heterocycles. The van der Waals surface area contributed by atoms with Crippen molar-refractivity contribution in [1.82, 2.24) is 0 Å². The van der Waals surface area contributed by atoms with Crippen LogP contribution < -0.4 is 9.47 Å². The van der Waals surface area contributed by atoms with E-state index < -0.39 is 0 Å². The molecule has 0 heterocycles. The zero-order valence-corrected chi connectivity index (χ0v) is 13.9. The number of hydrogen-bond donors (Lipinski definition) is 0. The molecule has 0 saturated carbocycles. The second-order valence-corrected chi connectivity index (χ2v) is 5.52. The van der Waals surface area contributed by atoms with Crippen LogP contribution in [0.4, 0.5) is 0 Å². The maximum Gasteiger partial charge on any atom is 0.313 e. The zero-order valence-electron chi connectivity index (χ0n) is 13.9. The lowest BCUT2D eigenvalue weighted by Gasteiger charge is -2.11. The number of nitrogens with zero attached hydrogens (tertiary/aromatic N) is 1. The number of allylic oxidation sites excluding steroid dienone is 1. The molecular weight excluding hydrogens is 302 g/mol. The summed E-state index contributed by atoms with van der Waals surface area (Å²) in [6.07, 6.45) is 1.77. The van der Waals surface area contributed by atoms with Gasteiger partial charge in [-0.2, -0.15) is 5.26 Å². The number of esters is 1. The van der Waals surface area contributed by atoms with E-state index in [0.29, 0.717) is 17.1 Å². The molecule has 0 fully saturated rings. The molecule has 0 bridgehead atoms. The smallest absolute Gasteiger partial charge is 0.313 e. The van der Waals surface area contributed by atoms with Crippen LogP contribution in [0.15, 0.2) is 48.5 Å². The van der Waals surface area contributed by atoms with Crippen LogP contribution in [-0.4, -0.2) is 13.1 Å². The first-order chi connectivity index (χ1) is 11.5. The number of methoxy groups -OCH3 is 1. The Bertz CT molecular complexity index is 786. The summed E-state index contributed by atoms with van der Waals surface area (Å²) in [5.74, 6) is 0.269. The van der Waals surface area contributed by atoms with Crippen LogP contribution in [-0.2, 0) is 4.79 Å². The highest BCUT2D eigenvalue weighted by Crippen LogP contribution is 2.30. The molecular formula is C20H19NO3. The lowest BCUT2D eigenvalue weighted by atomic mass is 10.0. The van der Waals surface area contributed by atoms with Gasteiger partial charge in [-0.15, -0.1) is 0 Å². The molecule has 0 saturated heterocycles. The minimum atomic E-state index is -0.321. The van der Waals surface area contributed by atoms with Gasteiger partial charge in [-0.1, -0.05) is 50.2 Å². The molecule has 0 amide bonds. The van der Waals surface area contributed by atoms with Gasteiger partial charge in [0.1, 0.15) is 0 Å². The van der Waals surface area contributed by atoms with E-state index in [1.807, 2.05) is 30.3 Å². The summed E-state index contributed by atoms with van der Waals surface area (Å²) in [6, 6.07) is 16.8. The molecule has 0 N–H and O–H groups in total. The number of carbonyl (C=O) groups excluding carboxylic acids is 1. The first-order valence-corrected chi connectivity index (χ1v) is 7.62. The van der Waals surface area contributed by atoms with Crippen LogP contribution in [0.25, 0.3) is 11.6 Å². The zero-order chi connectivity index (χ0) is 17.5. The Morgan fingerprint density at radius 1 is 1.12 bits per heavy atom. The van der Waals surface area contributed by atoms with Crippen molar-refractivity contribution in [3.63, 3.8) is 0 Å². The minimum Gasteiger partial charge on any atom is -0.493 e. The minimum absolute atomic E-state index is 0.224. The number of ether oxygens (including phenoxy) is 2. The molecule has 0 aliphatic rings. The fourth-order valence-corrected chi connectivity index (χ4v) is 2.05.